The lowest BCUT2D eigenvalue weighted by Crippen LogP contribution is -2.06. The first kappa shape index (κ1) is 11.4. The number of aryl methyl sites for hydroxylation is 1. The number of ether oxygens (including phenoxy) is 1. The van der Waals surface area contributed by atoms with Gasteiger partial charge in [-0.2, -0.15) is 0 Å². The highest BCUT2D eigenvalue weighted by atomic mass is 16.5. The van der Waals surface area contributed by atoms with Gasteiger partial charge in [-0.15, -0.1) is 0 Å². The van der Waals surface area contributed by atoms with Gasteiger partial charge in [-0.3, -0.25) is 0 Å². The van der Waals surface area contributed by atoms with Gasteiger partial charge in [-0.1, -0.05) is 42.5 Å². The van der Waals surface area contributed by atoms with E-state index in [1.807, 2.05) is 18.2 Å². The Kier molecular flexibility index (Phi) is 2.43. The van der Waals surface area contributed by atoms with Crippen LogP contribution in [0.1, 0.15) is 5.56 Å². The molecule has 0 spiro atoms. The first-order chi connectivity index (χ1) is 9.84. The Hall–Kier alpha value is -2.48. The van der Waals surface area contributed by atoms with E-state index in [4.69, 9.17) is 4.74 Å². The molecule has 2 aromatic carbocycles. The molecule has 0 saturated carbocycles. The van der Waals surface area contributed by atoms with Crippen molar-refractivity contribution in [2.24, 2.45) is 7.05 Å². The Balaban J connectivity index is 1.97. The van der Waals surface area contributed by atoms with Crippen LogP contribution in [-0.2, 0) is 13.7 Å². The van der Waals surface area contributed by atoms with E-state index in [-0.39, 0.29) is 0 Å². The fourth-order valence-corrected chi connectivity index (χ4v) is 2.98. The zero-order valence-electron chi connectivity index (χ0n) is 11.3. The fourth-order valence-electron chi connectivity index (χ4n) is 2.98. The first-order valence-corrected chi connectivity index (χ1v) is 6.80. The highest BCUT2D eigenvalue weighted by Gasteiger charge is 2.23. The quantitative estimate of drug-likeness (QED) is 0.638. The number of benzene rings is 2. The van der Waals surface area contributed by atoms with Crippen molar-refractivity contribution in [2.75, 3.05) is 0 Å². The molecule has 3 aromatic rings. The average molecular weight is 261 g/mol. The van der Waals surface area contributed by atoms with Gasteiger partial charge >= 0.3 is 0 Å². The van der Waals surface area contributed by atoms with Crippen molar-refractivity contribution in [2.45, 2.75) is 6.61 Å². The van der Waals surface area contributed by atoms with Crippen molar-refractivity contribution in [1.82, 2.24) is 4.57 Å². The molecule has 1 aliphatic rings. The lowest BCUT2D eigenvalue weighted by atomic mass is 9.98. The molecular weight excluding hydrogens is 246 g/mol. The second-order valence-electron chi connectivity index (χ2n) is 5.13. The minimum absolute atomic E-state index is 0.636. The molecule has 0 saturated heterocycles. The molecule has 1 aliphatic heterocycles. The number of aromatic nitrogens is 1. The standard InChI is InChI=1S/C18H15NO/c1-19-11-15(13-7-3-2-4-8-13)16-12-20-17-10-6-5-9-14(17)18(16)19/h2-11H,12H2,1H3. The maximum Gasteiger partial charge on any atom is 0.129 e. The molecule has 98 valence electrons. The summed E-state index contributed by atoms with van der Waals surface area (Å²) >= 11 is 0. The Bertz CT molecular complexity index is 771. The minimum atomic E-state index is 0.636. The monoisotopic (exact) mass is 261 g/mol. The first-order valence-electron chi connectivity index (χ1n) is 6.80. The summed E-state index contributed by atoms with van der Waals surface area (Å²) in [5.74, 6) is 0.973. The van der Waals surface area contributed by atoms with E-state index in [2.05, 4.69) is 54.2 Å². The smallest absolute Gasteiger partial charge is 0.129 e. The van der Waals surface area contributed by atoms with Crippen LogP contribution < -0.4 is 4.74 Å². The van der Waals surface area contributed by atoms with E-state index in [1.165, 1.54) is 27.9 Å². The summed E-state index contributed by atoms with van der Waals surface area (Å²) in [6.45, 7) is 0.636. The molecule has 2 nitrogen and oxygen atoms in total. The Morgan fingerprint density at radius 2 is 1.65 bits per heavy atom. The van der Waals surface area contributed by atoms with Crippen molar-refractivity contribution in [3.05, 3.63) is 66.4 Å². The zero-order chi connectivity index (χ0) is 13.5. The number of para-hydroxylation sites is 1. The van der Waals surface area contributed by atoms with Crippen LogP contribution in [0.25, 0.3) is 22.4 Å². The van der Waals surface area contributed by atoms with Crippen LogP contribution in [0, 0.1) is 0 Å². The van der Waals surface area contributed by atoms with Crippen LogP contribution in [0.3, 0.4) is 0 Å². The summed E-state index contributed by atoms with van der Waals surface area (Å²) in [7, 11) is 2.10. The molecule has 0 atom stereocenters. The second kappa shape index (κ2) is 4.27. The maximum absolute atomic E-state index is 5.91. The highest BCUT2D eigenvalue weighted by Crippen LogP contribution is 2.42. The molecule has 0 fully saturated rings. The maximum atomic E-state index is 5.91. The van der Waals surface area contributed by atoms with Crippen molar-refractivity contribution >= 4 is 0 Å². The molecule has 1 aromatic heterocycles. The third kappa shape index (κ3) is 1.58. The van der Waals surface area contributed by atoms with Crippen LogP contribution in [0.5, 0.6) is 5.75 Å². The molecule has 2 heterocycles. The van der Waals surface area contributed by atoms with Gasteiger partial charge in [0.25, 0.3) is 0 Å². The van der Waals surface area contributed by atoms with Crippen molar-refractivity contribution in [3.8, 4) is 28.1 Å². The van der Waals surface area contributed by atoms with E-state index >= 15 is 0 Å². The number of hydrogen-bond donors (Lipinski definition) is 0. The molecule has 0 radical (unpaired) electrons. The fraction of sp³-hybridized carbons (Fsp3) is 0.111. The van der Waals surface area contributed by atoms with E-state index in [0.717, 1.165) is 5.75 Å². The van der Waals surface area contributed by atoms with E-state index in [0.29, 0.717) is 6.61 Å². The van der Waals surface area contributed by atoms with Crippen LogP contribution in [0.2, 0.25) is 0 Å². The van der Waals surface area contributed by atoms with Crippen LogP contribution in [0.4, 0.5) is 0 Å². The highest BCUT2D eigenvalue weighted by molar-refractivity contribution is 5.81. The summed E-state index contributed by atoms with van der Waals surface area (Å²) in [5.41, 5.74) is 6.23. The molecule has 0 aliphatic carbocycles. The summed E-state index contributed by atoms with van der Waals surface area (Å²) in [6, 6.07) is 18.7. The van der Waals surface area contributed by atoms with Crippen molar-refractivity contribution in [3.63, 3.8) is 0 Å². The van der Waals surface area contributed by atoms with Crippen molar-refractivity contribution in [1.29, 1.82) is 0 Å². The lowest BCUT2D eigenvalue weighted by molar-refractivity contribution is 0.302. The summed E-state index contributed by atoms with van der Waals surface area (Å²) in [5, 5.41) is 0. The molecular formula is C18H15NO. The van der Waals surface area contributed by atoms with Gasteiger partial charge in [0.05, 0.1) is 5.69 Å². The summed E-state index contributed by atoms with van der Waals surface area (Å²) in [4.78, 5) is 0. The Labute approximate surface area is 118 Å². The van der Waals surface area contributed by atoms with Crippen molar-refractivity contribution < 1.29 is 4.74 Å². The molecule has 0 amide bonds. The average Bonchev–Trinajstić information content (AvgIpc) is 2.86. The molecule has 20 heavy (non-hydrogen) atoms. The number of fused-ring (bicyclic) bond motifs is 3. The minimum Gasteiger partial charge on any atom is -0.488 e. The predicted molar refractivity (Wildman–Crippen MR) is 80.6 cm³/mol. The molecule has 0 unspecified atom stereocenters. The molecule has 0 bridgehead atoms. The Morgan fingerprint density at radius 1 is 0.900 bits per heavy atom. The molecule has 0 N–H and O–H groups in total. The van der Waals surface area contributed by atoms with Gasteiger partial charge in [0.1, 0.15) is 12.4 Å². The molecule has 4 rings (SSSR count). The van der Waals surface area contributed by atoms with Crippen LogP contribution >= 0.6 is 0 Å². The lowest BCUT2D eigenvalue weighted by Gasteiger charge is -2.20. The van der Waals surface area contributed by atoms with Gasteiger partial charge in [-0.25, -0.2) is 0 Å². The topological polar surface area (TPSA) is 14.2 Å². The molecule has 2 heteroatoms. The van der Waals surface area contributed by atoms with E-state index < -0.39 is 0 Å². The number of nitrogens with zero attached hydrogens (tertiary/aromatic N) is 1. The van der Waals surface area contributed by atoms with Gasteiger partial charge in [-0.05, 0) is 17.7 Å². The number of rotatable bonds is 1. The van der Waals surface area contributed by atoms with E-state index in [9.17, 15) is 0 Å². The SMILES string of the molecule is Cn1cc(-c2ccccc2)c2c1-c1ccccc1OC2. The van der Waals surface area contributed by atoms with Crippen LogP contribution in [-0.4, -0.2) is 4.57 Å². The van der Waals surface area contributed by atoms with Gasteiger partial charge in [0.2, 0.25) is 0 Å². The summed E-state index contributed by atoms with van der Waals surface area (Å²) in [6.07, 6.45) is 2.20. The van der Waals surface area contributed by atoms with Crippen LogP contribution in [0.15, 0.2) is 60.8 Å². The van der Waals surface area contributed by atoms with Gasteiger partial charge < -0.3 is 9.30 Å². The Morgan fingerprint density at radius 3 is 2.50 bits per heavy atom. The largest absolute Gasteiger partial charge is 0.488 e. The number of hydrogen-bond acceptors (Lipinski definition) is 1. The van der Waals surface area contributed by atoms with Gasteiger partial charge in [0.15, 0.2) is 0 Å². The van der Waals surface area contributed by atoms with E-state index in [1.54, 1.807) is 0 Å². The zero-order valence-corrected chi connectivity index (χ0v) is 11.3. The normalized spacial score (nSPS) is 12.4. The second-order valence-corrected chi connectivity index (χ2v) is 5.13. The summed E-state index contributed by atoms with van der Waals surface area (Å²) < 4.78 is 8.12. The predicted octanol–water partition coefficient (Wildman–Crippen LogP) is 4.25. The van der Waals surface area contributed by atoms with Gasteiger partial charge in [0, 0.05) is 29.9 Å². The third-order valence-electron chi connectivity index (χ3n) is 3.89. The third-order valence-corrected chi connectivity index (χ3v) is 3.89.